The summed E-state index contributed by atoms with van der Waals surface area (Å²) in [5.41, 5.74) is 6.59. The van der Waals surface area contributed by atoms with Crippen LogP contribution in [0.25, 0.3) is 11.1 Å². The van der Waals surface area contributed by atoms with E-state index >= 15 is 0 Å². The predicted octanol–water partition coefficient (Wildman–Crippen LogP) is 7.56. The number of nitrogens with zero attached hydrogens (tertiary/aromatic N) is 5. The van der Waals surface area contributed by atoms with Gasteiger partial charge in [0.15, 0.2) is 21.2 Å². The summed E-state index contributed by atoms with van der Waals surface area (Å²) in [5, 5.41) is 13.8. The topological polar surface area (TPSA) is 109 Å². The Morgan fingerprint density at radius 1 is 0.776 bits per heavy atom. The molecule has 0 radical (unpaired) electrons. The van der Waals surface area contributed by atoms with Crippen molar-refractivity contribution in [3.8, 4) is 11.1 Å². The molecular weight excluding hydrogens is 675 g/mol. The van der Waals surface area contributed by atoms with E-state index in [9.17, 15) is 19.5 Å². The first-order valence-electron chi connectivity index (χ1n) is 16.2. The Hall–Kier alpha value is -4.23. The Balaban J connectivity index is 0.000000192. The van der Waals surface area contributed by atoms with Crippen LogP contribution < -0.4 is 9.60 Å². The molecule has 1 unspecified atom stereocenters. The average Bonchev–Trinajstić information content (AvgIpc) is 3.89. The van der Waals surface area contributed by atoms with Crippen LogP contribution in [0.4, 0.5) is 11.4 Å². The molecule has 49 heavy (non-hydrogen) atoms. The van der Waals surface area contributed by atoms with Gasteiger partial charge < -0.3 is 19.1 Å². The minimum absolute atomic E-state index is 0.0462. The molecule has 9 nitrogen and oxygen atoms in total. The van der Waals surface area contributed by atoms with Gasteiger partial charge in [0.25, 0.3) is 5.91 Å². The molecule has 1 N–H and O–H groups in total. The van der Waals surface area contributed by atoms with Crippen molar-refractivity contribution in [2.24, 2.45) is 9.98 Å². The fourth-order valence-electron chi connectivity index (χ4n) is 5.70. The van der Waals surface area contributed by atoms with Crippen molar-refractivity contribution < 1.29 is 19.5 Å². The summed E-state index contributed by atoms with van der Waals surface area (Å²) >= 11 is 4.55. The molecule has 0 spiro atoms. The van der Waals surface area contributed by atoms with Gasteiger partial charge in [-0.25, -0.2) is 9.98 Å². The van der Waals surface area contributed by atoms with E-state index < -0.39 is 6.10 Å². The zero-order valence-corrected chi connectivity index (χ0v) is 31.0. The highest BCUT2D eigenvalue weighted by molar-refractivity contribution is 7.11. The lowest BCUT2D eigenvalue weighted by Crippen LogP contribution is -2.29. The molecule has 0 aliphatic carbocycles. The maximum atomic E-state index is 12.4. The number of benzene rings is 2. The Morgan fingerprint density at radius 2 is 1.29 bits per heavy atom. The number of likely N-dealkylation sites (tertiary alicyclic amines) is 1. The van der Waals surface area contributed by atoms with E-state index in [1.165, 1.54) is 33.8 Å². The summed E-state index contributed by atoms with van der Waals surface area (Å²) in [6.45, 7) is 13.7. The number of rotatable bonds is 8. The van der Waals surface area contributed by atoms with Gasteiger partial charge in [0.1, 0.15) is 0 Å². The molecule has 0 saturated carbocycles. The molecule has 1 aliphatic rings. The molecule has 3 aromatic heterocycles. The molecule has 5 aromatic rings. The van der Waals surface area contributed by atoms with Crippen LogP contribution in [0.15, 0.2) is 75.3 Å². The quantitative estimate of drug-likeness (QED) is 0.167. The Kier molecular flexibility index (Phi) is 11.8. The number of aliphatic hydroxyl groups excluding tert-OH is 1. The van der Waals surface area contributed by atoms with E-state index in [0.29, 0.717) is 25.1 Å². The minimum atomic E-state index is -0.421. The second-order valence-corrected chi connectivity index (χ2v) is 14.5. The van der Waals surface area contributed by atoms with Crippen LogP contribution in [0.1, 0.15) is 75.2 Å². The van der Waals surface area contributed by atoms with Crippen LogP contribution in [-0.2, 0) is 13.1 Å². The smallest absolute Gasteiger partial charge is 0.253 e. The van der Waals surface area contributed by atoms with Crippen LogP contribution in [-0.4, -0.2) is 55.8 Å². The van der Waals surface area contributed by atoms with E-state index in [1.807, 2.05) is 49.6 Å². The first-order valence-corrected chi connectivity index (χ1v) is 18.8. The standard InChI is InChI=1S/C19H23N3O3S.C18H18N2OS2/c1-4-22-12(2)17(13(3)23)26-19(22)20-15-7-5-14(6-8-15)18(25)21-10-9-16(24)11-21;1-4-20-12(2)17(13(3)21)23-18(20)19-16-7-5-14(6-8-16)15-9-10-22-11-15/h5-8,16,24H,4,9-11H2,1-3H3;5-11H,4H2,1-3H3. The van der Waals surface area contributed by atoms with E-state index in [0.717, 1.165) is 55.2 Å². The Labute approximate surface area is 298 Å². The number of aromatic nitrogens is 2. The predicted molar refractivity (Wildman–Crippen MR) is 199 cm³/mol. The molecule has 1 fully saturated rings. The summed E-state index contributed by atoms with van der Waals surface area (Å²) in [6, 6.07) is 17.5. The van der Waals surface area contributed by atoms with Crippen LogP contribution in [0.5, 0.6) is 0 Å². The number of hydrogen-bond acceptors (Lipinski definition) is 9. The van der Waals surface area contributed by atoms with Gasteiger partial charge >= 0.3 is 0 Å². The van der Waals surface area contributed by atoms with E-state index in [4.69, 9.17) is 4.99 Å². The number of β-amino-alcohol motifs (C(OH)–C–C–N with tert-alkyl or cyclic N) is 1. The lowest BCUT2D eigenvalue weighted by Gasteiger charge is -2.15. The van der Waals surface area contributed by atoms with Crippen molar-refractivity contribution in [2.75, 3.05) is 13.1 Å². The highest BCUT2D eigenvalue weighted by Gasteiger charge is 2.25. The lowest BCUT2D eigenvalue weighted by molar-refractivity contribution is 0.0764. The molecule has 1 atom stereocenters. The largest absolute Gasteiger partial charge is 0.391 e. The van der Waals surface area contributed by atoms with Crippen LogP contribution >= 0.6 is 34.0 Å². The molecule has 1 amide bonds. The van der Waals surface area contributed by atoms with E-state index in [1.54, 1.807) is 42.2 Å². The summed E-state index contributed by atoms with van der Waals surface area (Å²) in [4.78, 5) is 50.1. The fraction of sp³-hybridized carbons (Fsp3) is 0.324. The maximum absolute atomic E-state index is 12.4. The molecule has 12 heteroatoms. The van der Waals surface area contributed by atoms with Crippen molar-refractivity contribution in [1.29, 1.82) is 0 Å². The molecule has 6 rings (SSSR count). The number of thiazole rings is 2. The minimum Gasteiger partial charge on any atom is -0.391 e. The fourth-order valence-corrected chi connectivity index (χ4v) is 8.59. The summed E-state index contributed by atoms with van der Waals surface area (Å²) in [6.07, 6.45) is 0.210. The highest BCUT2D eigenvalue weighted by atomic mass is 32.1. The monoisotopic (exact) mass is 715 g/mol. The average molecular weight is 716 g/mol. The number of ketones is 2. The second-order valence-electron chi connectivity index (χ2n) is 11.7. The number of carbonyl (C=O) groups is 3. The van der Waals surface area contributed by atoms with Gasteiger partial charge in [-0.3, -0.25) is 14.4 Å². The number of hydrogen-bond donors (Lipinski definition) is 1. The van der Waals surface area contributed by atoms with Crippen molar-refractivity contribution in [2.45, 2.75) is 67.2 Å². The van der Waals surface area contributed by atoms with E-state index in [2.05, 4.69) is 45.4 Å². The number of carbonyl (C=O) groups excluding carboxylic acids is 3. The van der Waals surface area contributed by atoms with Gasteiger partial charge in [-0.05, 0) is 98.5 Å². The molecule has 2 aromatic carbocycles. The number of amides is 1. The van der Waals surface area contributed by atoms with Gasteiger partial charge in [-0.1, -0.05) is 34.8 Å². The lowest BCUT2D eigenvalue weighted by atomic mass is 10.1. The van der Waals surface area contributed by atoms with Crippen LogP contribution in [0, 0.1) is 13.8 Å². The molecule has 1 aliphatic heterocycles. The van der Waals surface area contributed by atoms with Crippen LogP contribution in [0.3, 0.4) is 0 Å². The summed E-state index contributed by atoms with van der Waals surface area (Å²) in [5.74, 6) is 0.0800. The Bertz CT molecular complexity index is 2080. The third kappa shape index (κ3) is 8.33. The second kappa shape index (κ2) is 16.0. The number of Topliss-reactive ketones (excluding diaryl/α,β-unsaturated/α-hetero) is 2. The third-order valence-electron chi connectivity index (χ3n) is 8.32. The van der Waals surface area contributed by atoms with E-state index in [-0.39, 0.29) is 17.5 Å². The third-order valence-corrected chi connectivity index (χ3v) is 11.6. The zero-order chi connectivity index (χ0) is 35.2. The normalized spacial score (nSPS) is 15.0. The van der Waals surface area contributed by atoms with Crippen molar-refractivity contribution in [3.05, 3.63) is 102 Å². The Morgan fingerprint density at radius 3 is 1.69 bits per heavy atom. The number of aliphatic hydroxyl groups is 1. The molecule has 0 bridgehead atoms. The first kappa shape index (κ1) is 36.1. The van der Waals surface area contributed by atoms with Gasteiger partial charge in [-0.2, -0.15) is 11.3 Å². The molecular formula is C37H41N5O4S3. The maximum Gasteiger partial charge on any atom is 0.253 e. The van der Waals surface area contributed by atoms with Crippen molar-refractivity contribution in [3.63, 3.8) is 0 Å². The van der Waals surface area contributed by atoms with Gasteiger partial charge in [0.05, 0.1) is 27.2 Å². The van der Waals surface area contributed by atoms with Gasteiger partial charge in [-0.15, -0.1) is 0 Å². The van der Waals surface area contributed by atoms with Gasteiger partial charge in [0.2, 0.25) is 0 Å². The van der Waals surface area contributed by atoms with Crippen molar-refractivity contribution in [1.82, 2.24) is 14.0 Å². The SMILES string of the molecule is CCn1c(C)c(C(C)=O)sc1=Nc1ccc(-c2ccsc2)cc1.CCn1c(C)c(C(C)=O)sc1=Nc1ccc(C(=O)N2CCC(O)C2)cc1. The van der Waals surface area contributed by atoms with Crippen molar-refractivity contribution >= 4 is 62.9 Å². The first-order chi connectivity index (χ1) is 23.5. The molecule has 1 saturated heterocycles. The van der Waals surface area contributed by atoms with Crippen LogP contribution in [0.2, 0.25) is 0 Å². The summed E-state index contributed by atoms with van der Waals surface area (Å²) < 4.78 is 4.11. The highest BCUT2D eigenvalue weighted by Crippen LogP contribution is 2.25. The molecule has 4 heterocycles. The van der Waals surface area contributed by atoms with Gasteiger partial charge in [0, 0.05) is 57.0 Å². The zero-order valence-electron chi connectivity index (χ0n) is 28.6. The summed E-state index contributed by atoms with van der Waals surface area (Å²) in [7, 11) is 0. The molecule has 256 valence electrons. The number of thiophene rings is 1.